The van der Waals surface area contributed by atoms with Gasteiger partial charge in [0, 0.05) is 17.6 Å². The Morgan fingerprint density at radius 3 is 2.78 bits per heavy atom. The standard InChI is InChI=1S/C22H22N4O/c27-22(26-20-10-14-9-15(20)13-23-12-14)17-11-21(19-7-3-4-8-24-19)25-18-6-2-1-5-16(17)18/h1-8,11,14-15,20,23H,9-10,12-13H2,(H,26,27)/t14-,15-,20+/m0/s1. The van der Waals surface area contributed by atoms with Crippen molar-refractivity contribution in [3.63, 3.8) is 0 Å². The summed E-state index contributed by atoms with van der Waals surface area (Å²) >= 11 is 0. The van der Waals surface area contributed by atoms with Crippen molar-refractivity contribution in [3.05, 3.63) is 60.3 Å². The Morgan fingerprint density at radius 1 is 1.04 bits per heavy atom. The van der Waals surface area contributed by atoms with Gasteiger partial charge in [0.1, 0.15) is 0 Å². The van der Waals surface area contributed by atoms with Crippen molar-refractivity contribution in [3.8, 4) is 11.4 Å². The van der Waals surface area contributed by atoms with Gasteiger partial charge >= 0.3 is 0 Å². The fourth-order valence-corrected chi connectivity index (χ4v) is 4.54. The predicted octanol–water partition coefficient (Wildman–Crippen LogP) is 3.02. The normalized spacial score (nSPS) is 24.1. The van der Waals surface area contributed by atoms with E-state index in [1.54, 1.807) is 6.20 Å². The molecule has 1 aliphatic carbocycles. The van der Waals surface area contributed by atoms with Crippen molar-refractivity contribution >= 4 is 16.8 Å². The second kappa shape index (κ2) is 6.74. The van der Waals surface area contributed by atoms with Gasteiger partial charge in [0.05, 0.1) is 22.5 Å². The molecule has 27 heavy (non-hydrogen) atoms. The molecule has 136 valence electrons. The molecule has 2 aliphatic rings. The average molecular weight is 358 g/mol. The van der Waals surface area contributed by atoms with Crippen LogP contribution < -0.4 is 10.6 Å². The van der Waals surface area contributed by atoms with Crippen molar-refractivity contribution in [2.75, 3.05) is 13.1 Å². The number of pyridine rings is 2. The number of hydrogen-bond acceptors (Lipinski definition) is 4. The lowest BCUT2D eigenvalue weighted by Crippen LogP contribution is -2.40. The summed E-state index contributed by atoms with van der Waals surface area (Å²) in [7, 11) is 0. The number of fused-ring (bicyclic) bond motifs is 3. The molecule has 1 aromatic carbocycles. The van der Waals surface area contributed by atoms with Gasteiger partial charge in [-0.3, -0.25) is 9.78 Å². The molecule has 3 heterocycles. The van der Waals surface area contributed by atoms with Gasteiger partial charge in [0.2, 0.25) is 0 Å². The molecule has 3 aromatic rings. The molecular formula is C22H22N4O. The van der Waals surface area contributed by atoms with E-state index in [0.717, 1.165) is 41.8 Å². The van der Waals surface area contributed by atoms with Gasteiger partial charge in [0.15, 0.2) is 0 Å². The second-order valence-electron chi connectivity index (χ2n) is 7.62. The first-order valence-electron chi connectivity index (χ1n) is 9.61. The zero-order chi connectivity index (χ0) is 18.2. The predicted molar refractivity (Wildman–Crippen MR) is 105 cm³/mol. The van der Waals surface area contributed by atoms with Gasteiger partial charge in [-0.25, -0.2) is 4.98 Å². The molecule has 0 unspecified atom stereocenters. The number of piperidine rings is 1. The van der Waals surface area contributed by atoms with Gasteiger partial charge in [-0.15, -0.1) is 0 Å². The number of aromatic nitrogens is 2. The summed E-state index contributed by atoms with van der Waals surface area (Å²) in [6.07, 6.45) is 4.03. The fourth-order valence-electron chi connectivity index (χ4n) is 4.54. The van der Waals surface area contributed by atoms with E-state index >= 15 is 0 Å². The number of rotatable bonds is 3. The first kappa shape index (κ1) is 16.4. The van der Waals surface area contributed by atoms with E-state index in [-0.39, 0.29) is 11.9 Å². The quantitative estimate of drug-likeness (QED) is 0.755. The van der Waals surface area contributed by atoms with Crippen molar-refractivity contribution in [1.82, 2.24) is 20.6 Å². The van der Waals surface area contributed by atoms with Gasteiger partial charge in [-0.05, 0) is 62.0 Å². The topological polar surface area (TPSA) is 66.9 Å². The van der Waals surface area contributed by atoms with Crippen molar-refractivity contribution in [1.29, 1.82) is 0 Å². The number of para-hydroxylation sites is 1. The van der Waals surface area contributed by atoms with E-state index < -0.39 is 0 Å². The van der Waals surface area contributed by atoms with Crippen molar-refractivity contribution in [2.24, 2.45) is 11.8 Å². The fraction of sp³-hybridized carbons (Fsp3) is 0.318. The van der Waals surface area contributed by atoms with Gasteiger partial charge in [0.25, 0.3) is 5.91 Å². The molecule has 1 aliphatic heterocycles. The van der Waals surface area contributed by atoms with Crippen LogP contribution in [0.25, 0.3) is 22.3 Å². The van der Waals surface area contributed by atoms with Crippen LogP contribution in [-0.2, 0) is 0 Å². The molecule has 2 fully saturated rings. The Kier molecular flexibility index (Phi) is 4.09. The maximum Gasteiger partial charge on any atom is 0.252 e. The summed E-state index contributed by atoms with van der Waals surface area (Å²) in [5.41, 5.74) is 3.00. The van der Waals surface area contributed by atoms with Crippen LogP contribution >= 0.6 is 0 Å². The van der Waals surface area contributed by atoms with Crippen LogP contribution in [0.2, 0.25) is 0 Å². The first-order valence-corrected chi connectivity index (χ1v) is 9.61. The average Bonchev–Trinajstić information content (AvgIpc) is 3.00. The van der Waals surface area contributed by atoms with E-state index in [0.29, 0.717) is 17.4 Å². The Bertz CT molecular complexity index is 988. The number of nitrogens with one attached hydrogen (secondary N) is 2. The third-order valence-electron chi connectivity index (χ3n) is 5.84. The number of nitrogens with zero attached hydrogens (tertiary/aromatic N) is 2. The highest BCUT2D eigenvalue weighted by atomic mass is 16.1. The van der Waals surface area contributed by atoms with Crippen molar-refractivity contribution < 1.29 is 4.79 Å². The van der Waals surface area contributed by atoms with Gasteiger partial charge < -0.3 is 10.6 Å². The Balaban J connectivity index is 1.52. The first-order chi connectivity index (χ1) is 13.3. The second-order valence-corrected chi connectivity index (χ2v) is 7.62. The zero-order valence-corrected chi connectivity index (χ0v) is 15.1. The molecular weight excluding hydrogens is 336 g/mol. The minimum atomic E-state index is -0.0108. The minimum absolute atomic E-state index is 0.0108. The summed E-state index contributed by atoms with van der Waals surface area (Å²) in [4.78, 5) is 22.3. The molecule has 5 heteroatoms. The largest absolute Gasteiger partial charge is 0.349 e. The monoisotopic (exact) mass is 358 g/mol. The van der Waals surface area contributed by atoms with Crippen LogP contribution in [0, 0.1) is 11.8 Å². The summed E-state index contributed by atoms with van der Waals surface area (Å²) in [6, 6.07) is 15.7. The Hall–Kier alpha value is -2.79. The summed E-state index contributed by atoms with van der Waals surface area (Å²) in [5.74, 6) is 1.21. The van der Waals surface area contributed by atoms with E-state index in [9.17, 15) is 4.79 Å². The molecule has 2 N–H and O–H groups in total. The maximum absolute atomic E-state index is 13.2. The van der Waals surface area contributed by atoms with Crippen LogP contribution in [0.4, 0.5) is 0 Å². The molecule has 1 amide bonds. The summed E-state index contributed by atoms with van der Waals surface area (Å²) in [5, 5.41) is 7.67. The number of carbonyl (C=O) groups is 1. The number of amides is 1. The highest BCUT2D eigenvalue weighted by molar-refractivity contribution is 6.07. The molecule has 1 saturated carbocycles. The maximum atomic E-state index is 13.2. The van der Waals surface area contributed by atoms with E-state index in [1.807, 2.05) is 48.5 Å². The lowest BCUT2D eigenvalue weighted by atomic mass is 9.99. The summed E-state index contributed by atoms with van der Waals surface area (Å²) < 4.78 is 0. The lowest BCUT2D eigenvalue weighted by Gasteiger charge is -2.23. The smallest absolute Gasteiger partial charge is 0.252 e. The third-order valence-corrected chi connectivity index (χ3v) is 5.84. The van der Waals surface area contributed by atoms with Crippen LogP contribution in [0.3, 0.4) is 0 Å². The van der Waals surface area contributed by atoms with Crippen LogP contribution in [0.1, 0.15) is 23.2 Å². The molecule has 2 bridgehead atoms. The van der Waals surface area contributed by atoms with Gasteiger partial charge in [-0.1, -0.05) is 24.3 Å². The molecule has 0 radical (unpaired) electrons. The van der Waals surface area contributed by atoms with E-state index in [4.69, 9.17) is 4.98 Å². The van der Waals surface area contributed by atoms with E-state index in [2.05, 4.69) is 15.6 Å². The number of hydrogen-bond donors (Lipinski definition) is 2. The highest BCUT2D eigenvalue weighted by Crippen LogP contribution is 2.34. The van der Waals surface area contributed by atoms with Crippen molar-refractivity contribution in [2.45, 2.75) is 18.9 Å². The molecule has 0 spiro atoms. The number of carbonyl (C=O) groups excluding carboxylic acids is 1. The Labute approximate surface area is 158 Å². The molecule has 5 rings (SSSR count). The Morgan fingerprint density at radius 2 is 1.93 bits per heavy atom. The van der Waals surface area contributed by atoms with Crippen LogP contribution in [0.15, 0.2) is 54.7 Å². The van der Waals surface area contributed by atoms with Crippen LogP contribution in [0.5, 0.6) is 0 Å². The SMILES string of the molecule is O=C(N[C@@H]1C[C@H]2CNC[C@@H]1C2)c1cc(-c2ccccn2)nc2ccccc12. The molecule has 2 aromatic heterocycles. The molecule has 1 saturated heterocycles. The van der Waals surface area contributed by atoms with Crippen LogP contribution in [-0.4, -0.2) is 35.0 Å². The van der Waals surface area contributed by atoms with Gasteiger partial charge in [-0.2, -0.15) is 0 Å². The lowest BCUT2D eigenvalue weighted by molar-refractivity contribution is 0.0930. The summed E-state index contributed by atoms with van der Waals surface area (Å²) in [6.45, 7) is 2.07. The van der Waals surface area contributed by atoms with E-state index in [1.165, 1.54) is 6.42 Å². The third kappa shape index (κ3) is 3.08. The minimum Gasteiger partial charge on any atom is -0.349 e. The zero-order valence-electron chi connectivity index (χ0n) is 15.1. The molecule has 5 nitrogen and oxygen atoms in total. The number of benzene rings is 1. The highest BCUT2D eigenvalue weighted by Gasteiger charge is 2.37. The molecule has 3 atom stereocenters.